The van der Waals surface area contributed by atoms with Gasteiger partial charge in [-0.2, -0.15) is 0 Å². The SMILES string of the molecule is CC1CCNCC1NC(=O)CCOc1ccc(Cl)cc1.Cl. The predicted octanol–water partition coefficient (Wildman–Crippen LogP) is 2.64. The summed E-state index contributed by atoms with van der Waals surface area (Å²) in [6.07, 6.45) is 1.47. The molecule has 0 aromatic heterocycles. The molecule has 0 saturated carbocycles. The van der Waals surface area contributed by atoms with Crippen LogP contribution in [0, 0.1) is 5.92 Å². The van der Waals surface area contributed by atoms with E-state index in [1.54, 1.807) is 24.3 Å². The minimum absolute atomic E-state index is 0. The zero-order valence-electron chi connectivity index (χ0n) is 12.1. The molecule has 0 radical (unpaired) electrons. The lowest BCUT2D eigenvalue weighted by molar-refractivity contribution is -0.122. The van der Waals surface area contributed by atoms with Crippen LogP contribution in [-0.4, -0.2) is 31.6 Å². The average Bonchev–Trinajstić information content (AvgIpc) is 2.44. The van der Waals surface area contributed by atoms with Gasteiger partial charge in [0.1, 0.15) is 5.75 Å². The van der Waals surface area contributed by atoms with E-state index in [2.05, 4.69) is 17.6 Å². The molecule has 118 valence electrons. The van der Waals surface area contributed by atoms with Crippen LogP contribution >= 0.6 is 24.0 Å². The second-order valence-electron chi connectivity index (χ2n) is 5.20. The number of hydrogen-bond acceptors (Lipinski definition) is 3. The molecule has 2 N–H and O–H groups in total. The lowest BCUT2D eigenvalue weighted by atomic mass is 9.95. The van der Waals surface area contributed by atoms with Gasteiger partial charge in [-0.15, -0.1) is 12.4 Å². The van der Waals surface area contributed by atoms with Crippen LogP contribution < -0.4 is 15.4 Å². The van der Waals surface area contributed by atoms with E-state index in [0.29, 0.717) is 24.0 Å². The average molecular weight is 333 g/mol. The van der Waals surface area contributed by atoms with Crippen LogP contribution in [0.4, 0.5) is 0 Å². The number of benzene rings is 1. The summed E-state index contributed by atoms with van der Waals surface area (Å²) in [5.74, 6) is 1.30. The van der Waals surface area contributed by atoms with E-state index in [1.165, 1.54) is 0 Å². The third kappa shape index (κ3) is 6.12. The van der Waals surface area contributed by atoms with Gasteiger partial charge >= 0.3 is 0 Å². The maximum absolute atomic E-state index is 11.9. The molecule has 1 aliphatic rings. The molecule has 2 unspecified atom stereocenters. The Balaban J connectivity index is 0.00000220. The quantitative estimate of drug-likeness (QED) is 0.871. The molecule has 6 heteroatoms. The smallest absolute Gasteiger partial charge is 0.223 e. The number of carbonyl (C=O) groups is 1. The van der Waals surface area contributed by atoms with Crippen molar-refractivity contribution in [3.63, 3.8) is 0 Å². The molecule has 0 spiro atoms. The van der Waals surface area contributed by atoms with Crippen molar-refractivity contribution in [3.8, 4) is 5.75 Å². The summed E-state index contributed by atoms with van der Waals surface area (Å²) in [7, 11) is 0. The molecule has 1 heterocycles. The summed E-state index contributed by atoms with van der Waals surface area (Å²) in [6.45, 7) is 4.44. The maximum atomic E-state index is 11.9. The van der Waals surface area contributed by atoms with Crippen molar-refractivity contribution in [2.24, 2.45) is 5.92 Å². The molecule has 1 aromatic rings. The Bertz CT molecular complexity index is 440. The Labute approximate surface area is 137 Å². The number of hydrogen-bond donors (Lipinski definition) is 2. The molecule has 0 bridgehead atoms. The fraction of sp³-hybridized carbons (Fsp3) is 0.533. The summed E-state index contributed by atoms with van der Waals surface area (Å²) in [4.78, 5) is 11.9. The first-order valence-corrected chi connectivity index (χ1v) is 7.41. The number of amides is 1. The Morgan fingerprint density at radius 3 is 2.81 bits per heavy atom. The van der Waals surface area contributed by atoms with Gasteiger partial charge in [0.05, 0.1) is 13.0 Å². The molecule has 1 amide bonds. The van der Waals surface area contributed by atoms with E-state index in [0.717, 1.165) is 25.3 Å². The van der Waals surface area contributed by atoms with Crippen molar-refractivity contribution in [2.75, 3.05) is 19.7 Å². The Hall–Kier alpha value is -0.970. The van der Waals surface area contributed by atoms with Gasteiger partial charge in [-0.05, 0) is 43.1 Å². The summed E-state index contributed by atoms with van der Waals surface area (Å²) in [5, 5.41) is 7.04. The molecule has 1 saturated heterocycles. The van der Waals surface area contributed by atoms with Gasteiger partial charge in [0.25, 0.3) is 0 Å². The van der Waals surface area contributed by atoms with Crippen LogP contribution in [0.25, 0.3) is 0 Å². The molecule has 21 heavy (non-hydrogen) atoms. The number of halogens is 2. The van der Waals surface area contributed by atoms with Crippen LogP contribution in [0.1, 0.15) is 19.8 Å². The molecule has 2 rings (SSSR count). The second kappa shape index (κ2) is 9.13. The first-order chi connectivity index (χ1) is 9.65. The highest BCUT2D eigenvalue weighted by Gasteiger charge is 2.22. The normalized spacial score (nSPS) is 21.2. The molecular weight excluding hydrogens is 311 g/mol. The third-order valence-electron chi connectivity index (χ3n) is 3.59. The van der Waals surface area contributed by atoms with Crippen LogP contribution in [0.3, 0.4) is 0 Å². The molecule has 1 fully saturated rings. The number of rotatable bonds is 5. The molecule has 2 atom stereocenters. The van der Waals surface area contributed by atoms with Crippen molar-refractivity contribution >= 4 is 29.9 Å². The van der Waals surface area contributed by atoms with Gasteiger partial charge < -0.3 is 15.4 Å². The monoisotopic (exact) mass is 332 g/mol. The van der Waals surface area contributed by atoms with E-state index in [4.69, 9.17) is 16.3 Å². The number of ether oxygens (including phenoxy) is 1. The van der Waals surface area contributed by atoms with Crippen LogP contribution in [-0.2, 0) is 4.79 Å². The van der Waals surface area contributed by atoms with E-state index in [1.807, 2.05) is 0 Å². The summed E-state index contributed by atoms with van der Waals surface area (Å²) >= 11 is 5.79. The molecule has 1 aromatic carbocycles. The zero-order valence-corrected chi connectivity index (χ0v) is 13.7. The minimum atomic E-state index is 0. The van der Waals surface area contributed by atoms with E-state index < -0.39 is 0 Å². The van der Waals surface area contributed by atoms with Gasteiger partial charge in [0.15, 0.2) is 0 Å². The van der Waals surface area contributed by atoms with Crippen molar-refractivity contribution in [2.45, 2.75) is 25.8 Å². The van der Waals surface area contributed by atoms with Gasteiger partial charge in [0, 0.05) is 17.6 Å². The van der Waals surface area contributed by atoms with E-state index >= 15 is 0 Å². The highest BCUT2D eigenvalue weighted by molar-refractivity contribution is 6.30. The maximum Gasteiger partial charge on any atom is 0.223 e. The zero-order chi connectivity index (χ0) is 14.4. The van der Waals surface area contributed by atoms with Crippen molar-refractivity contribution in [1.82, 2.24) is 10.6 Å². The number of carbonyl (C=O) groups excluding carboxylic acids is 1. The predicted molar refractivity (Wildman–Crippen MR) is 87.4 cm³/mol. The second-order valence-corrected chi connectivity index (χ2v) is 5.63. The third-order valence-corrected chi connectivity index (χ3v) is 3.84. The van der Waals surface area contributed by atoms with Crippen LogP contribution in [0.15, 0.2) is 24.3 Å². The van der Waals surface area contributed by atoms with Crippen LogP contribution in [0.5, 0.6) is 5.75 Å². The fourth-order valence-corrected chi connectivity index (χ4v) is 2.38. The standard InChI is InChI=1S/C15H21ClN2O2.ClH/c1-11-6-8-17-10-14(11)18-15(19)7-9-20-13-4-2-12(16)3-5-13;/h2-5,11,14,17H,6-10H2,1H3,(H,18,19);1H. The lowest BCUT2D eigenvalue weighted by Crippen LogP contribution is -2.50. The van der Waals surface area contributed by atoms with E-state index in [-0.39, 0.29) is 24.4 Å². The largest absolute Gasteiger partial charge is 0.493 e. The molecule has 1 aliphatic heterocycles. The van der Waals surface area contributed by atoms with Crippen LogP contribution in [0.2, 0.25) is 5.02 Å². The molecule has 4 nitrogen and oxygen atoms in total. The van der Waals surface area contributed by atoms with Gasteiger partial charge in [-0.1, -0.05) is 18.5 Å². The number of piperidine rings is 1. The summed E-state index contributed by atoms with van der Waals surface area (Å²) < 4.78 is 5.51. The van der Waals surface area contributed by atoms with Crippen molar-refractivity contribution < 1.29 is 9.53 Å². The molecular formula is C15H22Cl2N2O2. The van der Waals surface area contributed by atoms with Crippen molar-refractivity contribution in [3.05, 3.63) is 29.3 Å². The van der Waals surface area contributed by atoms with Gasteiger partial charge in [0.2, 0.25) is 5.91 Å². The highest BCUT2D eigenvalue weighted by Crippen LogP contribution is 2.15. The van der Waals surface area contributed by atoms with Crippen molar-refractivity contribution in [1.29, 1.82) is 0 Å². The summed E-state index contributed by atoms with van der Waals surface area (Å²) in [6, 6.07) is 7.37. The molecule has 0 aliphatic carbocycles. The Kier molecular flexibility index (Phi) is 7.86. The topological polar surface area (TPSA) is 50.4 Å². The fourth-order valence-electron chi connectivity index (χ4n) is 2.25. The summed E-state index contributed by atoms with van der Waals surface area (Å²) in [5.41, 5.74) is 0. The Morgan fingerprint density at radius 1 is 1.43 bits per heavy atom. The number of nitrogens with one attached hydrogen (secondary N) is 2. The van der Waals surface area contributed by atoms with E-state index in [9.17, 15) is 4.79 Å². The highest BCUT2D eigenvalue weighted by atomic mass is 35.5. The minimum Gasteiger partial charge on any atom is -0.493 e. The van der Waals surface area contributed by atoms with Gasteiger partial charge in [-0.25, -0.2) is 0 Å². The first kappa shape index (κ1) is 18.1. The Morgan fingerprint density at radius 2 is 2.14 bits per heavy atom. The first-order valence-electron chi connectivity index (χ1n) is 7.03. The van der Waals surface area contributed by atoms with Gasteiger partial charge in [-0.3, -0.25) is 4.79 Å². The lowest BCUT2D eigenvalue weighted by Gasteiger charge is -2.30.